The largest absolute Gasteiger partial charge is 0.409 e. The monoisotopic (exact) mass is 256 g/mol. The zero-order chi connectivity index (χ0) is 13.6. The van der Waals surface area contributed by atoms with E-state index in [1.54, 1.807) is 0 Å². The normalized spacial score (nSPS) is 26.3. The standard InChI is InChI=1S/C14H28N2O2/c1-11-7-4-5-8-12(11)18-10-6-9-14(2,3)13(15)16-17/h11-12,17H,4-10H2,1-3H3,(H2,15,16). The lowest BCUT2D eigenvalue weighted by Gasteiger charge is -2.29. The molecule has 2 atom stereocenters. The zero-order valence-electron chi connectivity index (χ0n) is 12.0. The van der Waals surface area contributed by atoms with Crippen LogP contribution in [0, 0.1) is 11.3 Å². The molecule has 4 heteroatoms. The molecule has 4 nitrogen and oxygen atoms in total. The van der Waals surface area contributed by atoms with Crippen LogP contribution in [0.25, 0.3) is 0 Å². The molecule has 1 saturated carbocycles. The zero-order valence-corrected chi connectivity index (χ0v) is 12.0. The lowest BCUT2D eigenvalue weighted by atomic mass is 9.86. The smallest absolute Gasteiger partial charge is 0.144 e. The summed E-state index contributed by atoms with van der Waals surface area (Å²) in [5.74, 6) is 0.990. The summed E-state index contributed by atoms with van der Waals surface area (Å²) >= 11 is 0. The highest BCUT2D eigenvalue weighted by molar-refractivity contribution is 5.85. The molecule has 1 aliphatic rings. The highest BCUT2D eigenvalue weighted by atomic mass is 16.5. The highest BCUT2D eigenvalue weighted by Crippen LogP contribution is 2.27. The van der Waals surface area contributed by atoms with Crippen LogP contribution in [0.3, 0.4) is 0 Å². The van der Waals surface area contributed by atoms with E-state index in [9.17, 15) is 0 Å². The maximum absolute atomic E-state index is 8.70. The Kier molecular flexibility index (Phi) is 5.93. The van der Waals surface area contributed by atoms with Crippen molar-refractivity contribution in [2.45, 2.75) is 65.4 Å². The van der Waals surface area contributed by atoms with Crippen LogP contribution < -0.4 is 5.73 Å². The van der Waals surface area contributed by atoms with E-state index in [4.69, 9.17) is 15.7 Å². The van der Waals surface area contributed by atoms with E-state index in [2.05, 4.69) is 12.1 Å². The molecule has 2 unspecified atom stereocenters. The number of nitrogens with zero attached hydrogens (tertiary/aromatic N) is 1. The van der Waals surface area contributed by atoms with Gasteiger partial charge in [-0.25, -0.2) is 0 Å². The highest BCUT2D eigenvalue weighted by Gasteiger charge is 2.24. The van der Waals surface area contributed by atoms with Gasteiger partial charge in [0.1, 0.15) is 5.84 Å². The summed E-state index contributed by atoms with van der Waals surface area (Å²) in [5, 5.41) is 11.8. The van der Waals surface area contributed by atoms with Gasteiger partial charge in [0.15, 0.2) is 0 Å². The number of rotatable bonds is 6. The Morgan fingerprint density at radius 2 is 2.06 bits per heavy atom. The second kappa shape index (κ2) is 6.98. The summed E-state index contributed by atoms with van der Waals surface area (Å²) in [6.45, 7) is 7.04. The molecule has 106 valence electrons. The number of nitrogens with two attached hydrogens (primary N) is 1. The average molecular weight is 256 g/mol. The number of hydrogen-bond donors (Lipinski definition) is 2. The Morgan fingerprint density at radius 1 is 1.39 bits per heavy atom. The van der Waals surface area contributed by atoms with E-state index >= 15 is 0 Å². The molecule has 0 aromatic heterocycles. The molecule has 1 fully saturated rings. The van der Waals surface area contributed by atoms with E-state index in [1.807, 2.05) is 13.8 Å². The summed E-state index contributed by atoms with van der Waals surface area (Å²) in [7, 11) is 0. The second-order valence-corrected chi connectivity index (χ2v) is 6.14. The number of oxime groups is 1. The third kappa shape index (κ3) is 4.48. The third-order valence-electron chi connectivity index (χ3n) is 4.11. The molecular formula is C14H28N2O2. The van der Waals surface area contributed by atoms with Gasteiger partial charge in [-0.1, -0.05) is 38.8 Å². The lowest BCUT2D eigenvalue weighted by molar-refractivity contribution is -0.00794. The number of hydrogen-bond acceptors (Lipinski definition) is 3. The van der Waals surface area contributed by atoms with Gasteiger partial charge in [0.25, 0.3) is 0 Å². The first kappa shape index (κ1) is 15.3. The minimum absolute atomic E-state index is 0.254. The molecule has 0 saturated heterocycles. The van der Waals surface area contributed by atoms with Crippen molar-refractivity contribution in [1.82, 2.24) is 0 Å². The van der Waals surface area contributed by atoms with Crippen LogP contribution in [0.5, 0.6) is 0 Å². The molecule has 0 aliphatic heterocycles. The fourth-order valence-electron chi connectivity index (χ4n) is 2.54. The summed E-state index contributed by atoms with van der Waals surface area (Å²) in [6.07, 6.45) is 7.40. The van der Waals surface area contributed by atoms with E-state index in [0.717, 1.165) is 19.4 Å². The lowest BCUT2D eigenvalue weighted by Crippen LogP contribution is -2.32. The predicted molar refractivity (Wildman–Crippen MR) is 73.8 cm³/mol. The van der Waals surface area contributed by atoms with E-state index in [0.29, 0.717) is 17.9 Å². The van der Waals surface area contributed by atoms with Crippen molar-refractivity contribution in [1.29, 1.82) is 0 Å². The van der Waals surface area contributed by atoms with Crippen LogP contribution in [0.1, 0.15) is 59.3 Å². The second-order valence-electron chi connectivity index (χ2n) is 6.14. The van der Waals surface area contributed by atoms with Gasteiger partial charge in [0.2, 0.25) is 0 Å². The van der Waals surface area contributed by atoms with Crippen molar-refractivity contribution < 1.29 is 9.94 Å². The van der Waals surface area contributed by atoms with Crippen LogP contribution >= 0.6 is 0 Å². The minimum Gasteiger partial charge on any atom is -0.409 e. The van der Waals surface area contributed by atoms with E-state index < -0.39 is 0 Å². The Labute approximate surface area is 111 Å². The summed E-state index contributed by atoms with van der Waals surface area (Å²) < 4.78 is 5.96. The molecule has 1 rings (SSSR count). The fraction of sp³-hybridized carbons (Fsp3) is 0.929. The number of amidine groups is 1. The van der Waals surface area contributed by atoms with Crippen LogP contribution in [-0.2, 0) is 4.74 Å². The predicted octanol–water partition coefficient (Wildman–Crippen LogP) is 3.13. The SMILES string of the molecule is CC1CCCCC1OCCCC(C)(C)C(N)=NO. The van der Waals surface area contributed by atoms with Gasteiger partial charge in [-0.2, -0.15) is 0 Å². The van der Waals surface area contributed by atoms with Gasteiger partial charge in [-0.3, -0.25) is 0 Å². The van der Waals surface area contributed by atoms with Crippen molar-refractivity contribution in [2.24, 2.45) is 22.2 Å². The summed E-state index contributed by atoms with van der Waals surface area (Å²) in [4.78, 5) is 0. The Bertz CT molecular complexity index is 277. The molecule has 18 heavy (non-hydrogen) atoms. The van der Waals surface area contributed by atoms with E-state index in [-0.39, 0.29) is 5.41 Å². The molecule has 0 heterocycles. The van der Waals surface area contributed by atoms with Crippen molar-refractivity contribution in [3.8, 4) is 0 Å². The summed E-state index contributed by atoms with van der Waals surface area (Å²) in [5.41, 5.74) is 5.40. The van der Waals surface area contributed by atoms with Crippen molar-refractivity contribution in [3.05, 3.63) is 0 Å². The van der Waals surface area contributed by atoms with Gasteiger partial charge in [0, 0.05) is 12.0 Å². The molecule has 3 N–H and O–H groups in total. The van der Waals surface area contributed by atoms with Crippen molar-refractivity contribution >= 4 is 5.84 Å². The number of ether oxygens (including phenoxy) is 1. The minimum atomic E-state index is -0.254. The maximum Gasteiger partial charge on any atom is 0.144 e. The first-order valence-electron chi connectivity index (χ1n) is 7.07. The average Bonchev–Trinajstić information content (AvgIpc) is 2.35. The van der Waals surface area contributed by atoms with Crippen LogP contribution in [-0.4, -0.2) is 23.8 Å². The van der Waals surface area contributed by atoms with Gasteiger partial charge in [0.05, 0.1) is 6.10 Å². The quantitative estimate of drug-likeness (QED) is 0.252. The van der Waals surface area contributed by atoms with Crippen molar-refractivity contribution in [3.63, 3.8) is 0 Å². The molecule has 1 aliphatic carbocycles. The molecule has 0 spiro atoms. The molecule has 0 amide bonds. The molecule has 0 bridgehead atoms. The van der Waals surface area contributed by atoms with Crippen LogP contribution in [0.4, 0.5) is 0 Å². The molecular weight excluding hydrogens is 228 g/mol. The Hall–Kier alpha value is -0.770. The van der Waals surface area contributed by atoms with Crippen LogP contribution in [0.15, 0.2) is 5.16 Å². The molecule has 0 aromatic carbocycles. The first-order valence-corrected chi connectivity index (χ1v) is 7.07. The third-order valence-corrected chi connectivity index (χ3v) is 4.11. The Balaban J connectivity index is 2.22. The van der Waals surface area contributed by atoms with Gasteiger partial charge in [-0.05, 0) is 31.6 Å². The van der Waals surface area contributed by atoms with Gasteiger partial charge in [-0.15, -0.1) is 0 Å². The van der Waals surface area contributed by atoms with Gasteiger partial charge >= 0.3 is 0 Å². The van der Waals surface area contributed by atoms with Crippen molar-refractivity contribution in [2.75, 3.05) is 6.61 Å². The van der Waals surface area contributed by atoms with E-state index in [1.165, 1.54) is 25.7 Å². The topological polar surface area (TPSA) is 67.8 Å². The first-order chi connectivity index (χ1) is 8.47. The van der Waals surface area contributed by atoms with Gasteiger partial charge < -0.3 is 15.7 Å². The van der Waals surface area contributed by atoms with Crippen LogP contribution in [0.2, 0.25) is 0 Å². The molecule has 0 aromatic rings. The summed E-state index contributed by atoms with van der Waals surface area (Å²) in [6, 6.07) is 0. The maximum atomic E-state index is 8.70. The fourth-order valence-corrected chi connectivity index (χ4v) is 2.54. The molecule has 0 radical (unpaired) electrons. The Morgan fingerprint density at radius 3 is 2.67 bits per heavy atom.